The lowest BCUT2D eigenvalue weighted by Gasteiger charge is -2.38. The third-order valence-corrected chi connectivity index (χ3v) is 7.92. The third-order valence-electron chi connectivity index (χ3n) is 7.67. The number of aliphatic hydroxyl groups is 1. The minimum Gasteiger partial charge on any atom is -0.497 e. The van der Waals surface area contributed by atoms with Gasteiger partial charge in [0.1, 0.15) is 5.75 Å². The predicted octanol–water partition coefficient (Wildman–Crippen LogP) is 6.15. The number of unbranched alkanes of at least 4 members (excludes halogenated alkanes) is 1. The predicted molar refractivity (Wildman–Crippen MR) is 147 cm³/mol. The second-order valence-electron chi connectivity index (χ2n) is 10.2. The van der Waals surface area contributed by atoms with Gasteiger partial charge in [0.2, 0.25) is 0 Å². The zero-order valence-corrected chi connectivity index (χ0v) is 22.2. The number of benzene rings is 2. The molecule has 0 bridgehead atoms. The number of halogens is 1. The second kappa shape index (κ2) is 13.2. The number of fused-ring (bicyclic) bond motifs is 1. The minimum atomic E-state index is -0.743. The maximum absolute atomic E-state index is 11.6. The molecule has 0 amide bonds. The lowest BCUT2D eigenvalue weighted by atomic mass is 9.79. The molecule has 4 rings (SSSR count). The molecule has 0 saturated carbocycles. The number of rotatable bonds is 12. The van der Waals surface area contributed by atoms with Gasteiger partial charge in [0.05, 0.1) is 18.7 Å². The van der Waals surface area contributed by atoms with Gasteiger partial charge in [-0.15, -0.1) is 0 Å². The first-order valence-electron chi connectivity index (χ1n) is 13.2. The number of carbonyl (C=O) groups is 1. The van der Waals surface area contributed by atoms with E-state index in [0.717, 1.165) is 79.0 Å². The summed E-state index contributed by atoms with van der Waals surface area (Å²) < 4.78 is 5.36. The van der Waals surface area contributed by atoms with Gasteiger partial charge in [0, 0.05) is 29.6 Å². The molecule has 0 aliphatic carbocycles. The number of likely N-dealkylation sites (tertiary alicyclic amines) is 1. The fraction of sp³-hybridized carbons (Fsp3) is 0.467. The monoisotopic (exact) mass is 524 g/mol. The number of ether oxygens (including phenoxy) is 1. The van der Waals surface area contributed by atoms with Crippen molar-refractivity contribution >= 4 is 28.5 Å². The number of aryl methyl sites for hydroxylation is 1. The smallest absolute Gasteiger partial charge is 0.303 e. The number of aliphatic carboxylic acids is 1. The highest BCUT2D eigenvalue weighted by Gasteiger charge is 2.31. The van der Waals surface area contributed by atoms with Crippen molar-refractivity contribution in [1.82, 2.24) is 9.88 Å². The summed E-state index contributed by atoms with van der Waals surface area (Å²) in [6.07, 6.45) is 6.85. The van der Waals surface area contributed by atoms with Crippen LogP contribution in [0.25, 0.3) is 10.9 Å². The fourth-order valence-electron chi connectivity index (χ4n) is 5.60. The van der Waals surface area contributed by atoms with E-state index in [-0.39, 0.29) is 12.3 Å². The standard InChI is InChI=1S/C30H37ClN2O4/c1-37-25-10-11-28-27(19-25)26(13-15-32-28)29(34)12-7-22-14-17-33(20-23(22)18-30(35)36)16-3-2-4-21-5-8-24(31)9-6-21/h5-6,8-11,13,15,19,22-23,29,34H,2-4,7,12,14,16-18,20H2,1H3,(H,35,36)/t22-,23+,29?/m1/s1. The van der Waals surface area contributed by atoms with Crippen molar-refractivity contribution in [2.75, 3.05) is 26.7 Å². The van der Waals surface area contributed by atoms with Gasteiger partial charge in [-0.25, -0.2) is 0 Å². The molecule has 1 saturated heterocycles. The van der Waals surface area contributed by atoms with E-state index >= 15 is 0 Å². The molecule has 2 N–H and O–H groups in total. The molecule has 1 aromatic heterocycles. The molecule has 7 heteroatoms. The van der Waals surface area contributed by atoms with Gasteiger partial charge in [-0.3, -0.25) is 9.78 Å². The van der Waals surface area contributed by atoms with Crippen molar-refractivity contribution in [2.24, 2.45) is 11.8 Å². The zero-order valence-electron chi connectivity index (χ0n) is 21.5. The van der Waals surface area contributed by atoms with E-state index in [1.54, 1.807) is 13.3 Å². The zero-order chi connectivity index (χ0) is 26.2. The molecule has 3 aromatic rings. The molecule has 1 aliphatic heterocycles. The van der Waals surface area contributed by atoms with Gasteiger partial charge >= 0.3 is 5.97 Å². The van der Waals surface area contributed by atoms with E-state index in [9.17, 15) is 15.0 Å². The quantitative estimate of drug-likeness (QED) is 0.277. The lowest BCUT2D eigenvalue weighted by molar-refractivity contribution is -0.139. The maximum Gasteiger partial charge on any atom is 0.303 e. The molecular weight excluding hydrogens is 488 g/mol. The Kier molecular flexibility index (Phi) is 9.78. The van der Waals surface area contributed by atoms with Gasteiger partial charge < -0.3 is 19.8 Å². The van der Waals surface area contributed by atoms with Crippen molar-refractivity contribution < 1.29 is 19.7 Å². The number of carboxylic acid groups (broad SMARTS) is 1. The Balaban J connectivity index is 1.30. The van der Waals surface area contributed by atoms with Crippen LogP contribution in [0.5, 0.6) is 5.75 Å². The van der Waals surface area contributed by atoms with Crippen LogP contribution in [0.3, 0.4) is 0 Å². The Hall–Kier alpha value is -2.67. The molecule has 1 fully saturated rings. The summed E-state index contributed by atoms with van der Waals surface area (Å²) >= 11 is 5.97. The van der Waals surface area contributed by atoms with Gasteiger partial charge in [0.25, 0.3) is 0 Å². The number of methoxy groups -OCH3 is 1. The van der Waals surface area contributed by atoms with Crippen LogP contribution in [-0.4, -0.2) is 52.8 Å². The highest BCUT2D eigenvalue weighted by molar-refractivity contribution is 6.30. The normalized spacial score (nSPS) is 19.1. The molecule has 1 unspecified atom stereocenters. The second-order valence-corrected chi connectivity index (χ2v) is 10.6. The molecule has 2 heterocycles. The number of hydrogen-bond acceptors (Lipinski definition) is 5. The van der Waals surface area contributed by atoms with E-state index < -0.39 is 12.1 Å². The van der Waals surface area contributed by atoms with E-state index in [1.165, 1.54) is 5.56 Å². The number of pyridine rings is 1. The number of aliphatic hydroxyl groups excluding tert-OH is 1. The van der Waals surface area contributed by atoms with Crippen molar-refractivity contribution in [2.45, 2.75) is 51.0 Å². The Morgan fingerprint density at radius 2 is 1.97 bits per heavy atom. The summed E-state index contributed by atoms with van der Waals surface area (Å²) in [6.45, 7) is 2.78. The van der Waals surface area contributed by atoms with E-state index in [4.69, 9.17) is 16.3 Å². The van der Waals surface area contributed by atoms with Crippen LogP contribution in [0.4, 0.5) is 0 Å². The van der Waals surface area contributed by atoms with Gasteiger partial charge in [0.15, 0.2) is 0 Å². The van der Waals surface area contributed by atoms with Crippen molar-refractivity contribution in [3.8, 4) is 5.75 Å². The summed E-state index contributed by atoms with van der Waals surface area (Å²) in [4.78, 5) is 18.5. The average Bonchev–Trinajstić information content (AvgIpc) is 2.90. The van der Waals surface area contributed by atoms with Gasteiger partial charge in [-0.2, -0.15) is 0 Å². The fourth-order valence-corrected chi connectivity index (χ4v) is 5.73. The SMILES string of the molecule is COc1ccc2nccc(C(O)CC[C@@H]3CCN(CCCCc4ccc(Cl)cc4)C[C@@H]3CC(=O)O)c2c1. The molecule has 0 radical (unpaired) electrons. The number of carboxylic acids is 1. The first-order valence-corrected chi connectivity index (χ1v) is 13.6. The first-order chi connectivity index (χ1) is 17.9. The summed E-state index contributed by atoms with van der Waals surface area (Å²) in [5, 5.41) is 22.3. The molecule has 37 heavy (non-hydrogen) atoms. The van der Waals surface area contributed by atoms with Crippen LogP contribution in [0.15, 0.2) is 54.7 Å². The van der Waals surface area contributed by atoms with Gasteiger partial charge in [-0.1, -0.05) is 23.7 Å². The van der Waals surface area contributed by atoms with Gasteiger partial charge in [-0.05, 0) is 111 Å². The van der Waals surface area contributed by atoms with E-state index in [2.05, 4.69) is 22.0 Å². The third kappa shape index (κ3) is 7.67. The molecule has 3 atom stereocenters. The van der Waals surface area contributed by atoms with Crippen LogP contribution in [0, 0.1) is 11.8 Å². The van der Waals surface area contributed by atoms with Crippen molar-refractivity contribution in [3.63, 3.8) is 0 Å². The summed E-state index contributed by atoms with van der Waals surface area (Å²) in [6, 6.07) is 15.6. The molecule has 2 aromatic carbocycles. The van der Waals surface area contributed by atoms with Crippen LogP contribution in [-0.2, 0) is 11.2 Å². The summed E-state index contributed by atoms with van der Waals surface area (Å²) in [5.74, 6) is 0.381. The highest BCUT2D eigenvalue weighted by Crippen LogP contribution is 2.35. The Labute approximate surface area is 224 Å². The molecular formula is C30H37ClN2O4. The number of aromatic nitrogens is 1. The summed E-state index contributed by atoms with van der Waals surface area (Å²) in [7, 11) is 1.63. The van der Waals surface area contributed by atoms with E-state index in [0.29, 0.717) is 12.3 Å². The topological polar surface area (TPSA) is 82.9 Å². The minimum absolute atomic E-state index is 0.101. The summed E-state index contributed by atoms with van der Waals surface area (Å²) in [5.41, 5.74) is 2.97. The first kappa shape index (κ1) is 27.4. The van der Waals surface area contributed by atoms with Crippen LogP contribution in [0.2, 0.25) is 5.02 Å². The molecule has 0 spiro atoms. The number of piperidine rings is 1. The lowest BCUT2D eigenvalue weighted by Crippen LogP contribution is -2.41. The van der Waals surface area contributed by atoms with Crippen LogP contribution >= 0.6 is 11.6 Å². The number of hydrogen-bond donors (Lipinski definition) is 2. The Bertz CT molecular complexity index is 1170. The Morgan fingerprint density at radius 1 is 1.16 bits per heavy atom. The molecule has 1 aliphatic rings. The number of nitrogens with zero attached hydrogens (tertiary/aromatic N) is 2. The highest BCUT2D eigenvalue weighted by atomic mass is 35.5. The average molecular weight is 525 g/mol. The Morgan fingerprint density at radius 3 is 2.73 bits per heavy atom. The van der Waals surface area contributed by atoms with Crippen LogP contribution < -0.4 is 4.74 Å². The van der Waals surface area contributed by atoms with Crippen molar-refractivity contribution in [3.05, 3.63) is 70.9 Å². The van der Waals surface area contributed by atoms with Crippen LogP contribution in [0.1, 0.15) is 55.8 Å². The molecule has 6 nitrogen and oxygen atoms in total. The molecule has 198 valence electrons. The van der Waals surface area contributed by atoms with Crippen molar-refractivity contribution in [1.29, 1.82) is 0 Å². The largest absolute Gasteiger partial charge is 0.497 e. The maximum atomic E-state index is 11.6. The van der Waals surface area contributed by atoms with E-state index in [1.807, 2.05) is 36.4 Å².